The molecule has 19 heavy (non-hydrogen) atoms. The van der Waals surface area contributed by atoms with Crippen LogP contribution in [-0.4, -0.2) is 12.6 Å². The summed E-state index contributed by atoms with van der Waals surface area (Å²) in [6.07, 6.45) is 4.90. The third-order valence-electron chi connectivity index (χ3n) is 3.49. The molecule has 0 saturated carbocycles. The summed E-state index contributed by atoms with van der Waals surface area (Å²) in [5.41, 5.74) is 3.25. The first-order valence-corrected chi connectivity index (χ1v) is 7.69. The number of benzene rings is 1. The van der Waals surface area contributed by atoms with Gasteiger partial charge in [0.15, 0.2) is 0 Å². The van der Waals surface area contributed by atoms with Gasteiger partial charge in [-0.1, -0.05) is 57.5 Å². The summed E-state index contributed by atoms with van der Waals surface area (Å²) in [5.74, 6) is 0. The van der Waals surface area contributed by atoms with Crippen molar-refractivity contribution in [3.8, 4) is 0 Å². The topological polar surface area (TPSA) is 12.0 Å². The molecule has 1 atom stereocenters. The van der Waals surface area contributed by atoms with E-state index in [-0.39, 0.29) is 0 Å². The minimum atomic E-state index is 0.429. The monoisotopic (exact) mass is 261 g/mol. The molecule has 0 aliphatic heterocycles. The molecule has 0 aromatic heterocycles. The summed E-state index contributed by atoms with van der Waals surface area (Å²) >= 11 is 0. The number of aryl methyl sites for hydroxylation is 1. The molecule has 0 radical (unpaired) electrons. The van der Waals surface area contributed by atoms with Crippen molar-refractivity contribution in [2.75, 3.05) is 6.54 Å². The minimum absolute atomic E-state index is 0.429. The maximum absolute atomic E-state index is 3.71. The highest BCUT2D eigenvalue weighted by Crippen LogP contribution is 2.22. The van der Waals surface area contributed by atoms with E-state index in [0.717, 1.165) is 13.0 Å². The standard InChI is InChI=1S/C18H31N/c1-6-12-19-17(10-11-18(3,4)5)14-16-9-7-8-15(2)13-16/h7-9,13,17,19H,6,10-12,14H2,1-5H3. The first-order valence-electron chi connectivity index (χ1n) is 7.69. The molecule has 0 amide bonds. The Balaban J connectivity index is 2.58. The number of nitrogens with one attached hydrogen (secondary N) is 1. The minimum Gasteiger partial charge on any atom is -0.314 e. The van der Waals surface area contributed by atoms with Crippen LogP contribution in [0, 0.1) is 12.3 Å². The second-order valence-corrected chi connectivity index (χ2v) is 6.94. The van der Waals surface area contributed by atoms with Gasteiger partial charge in [0.25, 0.3) is 0 Å². The zero-order valence-corrected chi connectivity index (χ0v) is 13.4. The van der Waals surface area contributed by atoms with Crippen LogP contribution in [0.3, 0.4) is 0 Å². The van der Waals surface area contributed by atoms with Crippen molar-refractivity contribution < 1.29 is 0 Å². The van der Waals surface area contributed by atoms with Crippen molar-refractivity contribution in [2.24, 2.45) is 5.41 Å². The maximum atomic E-state index is 3.71. The van der Waals surface area contributed by atoms with Crippen molar-refractivity contribution in [1.82, 2.24) is 5.32 Å². The van der Waals surface area contributed by atoms with Gasteiger partial charge in [-0.25, -0.2) is 0 Å². The fourth-order valence-corrected chi connectivity index (χ4v) is 2.36. The van der Waals surface area contributed by atoms with Crippen molar-refractivity contribution in [3.63, 3.8) is 0 Å². The summed E-state index contributed by atoms with van der Waals surface area (Å²) in [6.45, 7) is 12.5. The first-order chi connectivity index (χ1) is 8.90. The molecule has 0 fully saturated rings. The van der Waals surface area contributed by atoms with E-state index in [2.05, 4.69) is 64.2 Å². The SMILES string of the molecule is CCCNC(CCC(C)(C)C)Cc1cccc(C)c1. The van der Waals surface area contributed by atoms with Crippen molar-refractivity contribution in [3.05, 3.63) is 35.4 Å². The van der Waals surface area contributed by atoms with Crippen LogP contribution in [-0.2, 0) is 6.42 Å². The van der Waals surface area contributed by atoms with E-state index in [9.17, 15) is 0 Å². The summed E-state index contributed by atoms with van der Waals surface area (Å²) in [4.78, 5) is 0. The molecule has 0 heterocycles. The highest BCUT2D eigenvalue weighted by atomic mass is 14.9. The van der Waals surface area contributed by atoms with Crippen LogP contribution in [0.25, 0.3) is 0 Å². The third kappa shape index (κ3) is 7.37. The van der Waals surface area contributed by atoms with Gasteiger partial charge in [0.1, 0.15) is 0 Å². The van der Waals surface area contributed by atoms with Crippen LogP contribution in [0.1, 0.15) is 58.1 Å². The lowest BCUT2D eigenvalue weighted by Crippen LogP contribution is -2.32. The van der Waals surface area contributed by atoms with Crippen LogP contribution < -0.4 is 5.32 Å². The molecule has 0 spiro atoms. The van der Waals surface area contributed by atoms with Gasteiger partial charge in [-0.2, -0.15) is 0 Å². The van der Waals surface area contributed by atoms with Crippen molar-refractivity contribution >= 4 is 0 Å². The zero-order valence-electron chi connectivity index (χ0n) is 13.4. The van der Waals surface area contributed by atoms with Gasteiger partial charge in [-0.15, -0.1) is 0 Å². The molecule has 0 bridgehead atoms. The van der Waals surface area contributed by atoms with E-state index in [0.29, 0.717) is 11.5 Å². The normalized spacial score (nSPS) is 13.5. The van der Waals surface area contributed by atoms with E-state index in [1.165, 1.54) is 30.4 Å². The third-order valence-corrected chi connectivity index (χ3v) is 3.49. The molecule has 1 heteroatoms. The quantitative estimate of drug-likeness (QED) is 0.748. The molecule has 0 aliphatic carbocycles. The van der Waals surface area contributed by atoms with Gasteiger partial charge in [0.05, 0.1) is 0 Å². The molecule has 1 unspecified atom stereocenters. The predicted molar refractivity (Wildman–Crippen MR) is 85.7 cm³/mol. The Labute approximate surface area is 119 Å². The van der Waals surface area contributed by atoms with Gasteiger partial charge in [-0.3, -0.25) is 0 Å². The van der Waals surface area contributed by atoms with Crippen molar-refractivity contribution in [1.29, 1.82) is 0 Å². The molecule has 0 aliphatic rings. The van der Waals surface area contributed by atoms with Gasteiger partial charge >= 0.3 is 0 Å². The Morgan fingerprint density at radius 1 is 1.21 bits per heavy atom. The average molecular weight is 261 g/mol. The molecular weight excluding hydrogens is 230 g/mol. The Hall–Kier alpha value is -0.820. The molecule has 1 N–H and O–H groups in total. The largest absolute Gasteiger partial charge is 0.314 e. The highest BCUT2D eigenvalue weighted by Gasteiger charge is 2.15. The first kappa shape index (κ1) is 16.2. The summed E-state index contributed by atoms with van der Waals surface area (Å²) < 4.78 is 0. The van der Waals surface area contributed by atoms with Gasteiger partial charge in [0, 0.05) is 6.04 Å². The highest BCUT2D eigenvalue weighted by molar-refractivity contribution is 5.23. The van der Waals surface area contributed by atoms with Crippen LogP contribution in [0.5, 0.6) is 0 Å². The van der Waals surface area contributed by atoms with Crippen LogP contribution in [0.15, 0.2) is 24.3 Å². The Morgan fingerprint density at radius 3 is 2.53 bits per heavy atom. The average Bonchev–Trinajstić information content (AvgIpc) is 2.31. The molecule has 1 nitrogen and oxygen atoms in total. The van der Waals surface area contributed by atoms with E-state index < -0.39 is 0 Å². The van der Waals surface area contributed by atoms with E-state index >= 15 is 0 Å². The number of rotatable bonds is 7. The summed E-state index contributed by atoms with van der Waals surface area (Å²) in [6, 6.07) is 9.53. The van der Waals surface area contributed by atoms with E-state index in [1.54, 1.807) is 0 Å². The maximum Gasteiger partial charge on any atom is 0.0108 e. The summed E-state index contributed by atoms with van der Waals surface area (Å²) in [7, 11) is 0. The Bertz CT molecular complexity index is 362. The van der Waals surface area contributed by atoms with Crippen molar-refractivity contribution in [2.45, 2.75) is 66.3 Å². The van der Waals surface area contributed by atoms with E-state index in [4.69, 9.17) is 0 Å². The van der Waals surface area contributed by atoms with Crippen LogP contribution in [0.2, 0.25) is 0 Å². The Kier molecular flexibility index (Phi) is 6.57. The van der Waals surface area contributed by atoms with Gasteiger partial charge in [-0.05, 0) is 50.1 Å². The smallest absolute Gasteiger partial charge is 0.0108 e. The number of hydrogen-bond donors (Lipinski definition) is 1. The second-order valence-electron chi connectivity index (χ2n) is 6.94. The van der Waals surface area contributed by atoms with Crippen LogP contribution >= 0.6 is 0 Å². The van der Waals surface area contributed by atoms with E-state index in [1.807, 2.05) is 0 Å². The lowest BCUT2D eigenvalue weighted by atomic mass is 9.87. The number of hydrogen-bond acceptors (Lipinski definition) is 1. The molecule has 0 saturated heterocycles. The van der Waals surface area contributed by atoms with Gasteiger partial charge in [0.2, 0.25) is 0 Å². The summed E-state index contributed by atoms with van der Waals surface area (Å²) in [5, 5.41) is 3.71. The zero-order chi connectivity index (χ0) is 14.3. The molecule has 108 valence electrons. The predicted octanol–water partition coefficient (Wildman–Crippen LogP) is 4.73. The van der Waals surface area contributed by atoms with Gasteiger partial charge < -0.3 is 5.32 Å². The lowest BCUT2D eigenvalue weighted by Gasteiger charge is -2.24. The molecular formula is C18H31N. The molecule has 1 aromatic carbocycles. The fraction of sp³-hybridized carbons (Fsp3) is 0.667. The fourth-order valence-electron chi connectivity index (χ4n) is 2.36. The lowest BCUT2D eigenvalue weighted by molar-refractivity contribution is 0.328. The molecule has 1 rings (SSSR count). The molecule has 1 aromatic rings. The van der Waals surface area contributed by atoms with Crippen LogP contribution in [0.4, 0.5) is 0 Å². The Morgan fingerprint density at radius 2 is 1.95 bits per heavy atom. The second kappa shape index (κ2) is 7.69.